The minimum absolute atomic E-state index is 0.0449. The third-order valence-corrected chi connectivity index (χ3v) is 1.89. The van der Waals surface area contributed by atoms with Gasteiger partial charge in [-0.15, -0.1) is 0 Å². The average Bonchev–Trinajstić information content (AvgIpc) is 2.82. The summed E-state index contributed by atoms with van der Waals surface area (Å²) in [5.74, 6) is 0.0635. The van der Waals surface area contributed by atoms with Crippen LogP contribution in [0.15, 0.2) is 12.3 Å². The molecule has 0 aromatic carbocycles. The fourth-order valence-electron chi connectivity index (χ4n) is 1.07. The molecular formula is C8H7N3O. The van der Waals surface area contributed by atoms with Crippen molar-refractivity contribution in [1.82, 2.24) is 9.78 Å². The Kier molecular flexibility index (Phi) is 1.44. The summed E-state index contributed by atoms with van der Waals surface area (Å²) in [6.07, 6.45) is 3.34. The molecule has 0 aliphatic heterocycles. The van der Waals surface area contributed by atoms with Gasteiger partial charge in [-0.3, -0.25) is 4.79 Å². The van der Waals surface area contributed by atoms with E-state index < -0.39 is 0 Å². The molecule has 1 aliphatic carbocycles. The molecule has 0 bridgehead atoms. The Morgan fingerprint density at radius 3 is 3.08 bits per heavy atom. The van der Waals surface area contributed by atoms with E-state index in [-0.39, 0.29) is 11.8 Å². The van der Waals surface area contributed by atoms with E-state index in [1.807, 2.05) is 6.07 Å². The highest BCUT2D eigenvalue weighted by molar-refractivity contribution is 5.83. The van der Waals surface area contributed by atoms with Gasteiger partial charge in [0.15, 0.2) is 0 Å². The zero-order chi connectivity index (χ0) is 8.55. The van der Waals surface area contributed by atoms with Gasteiger partial charge in [-0.2, -0.15) is 15.0 Å². The largest absolute Gasteiger partial charge is 0.272 e. The monoisotopic (exact) mass is 161 g/mol. The summed E-state index contributed by atoms with van der Waals surface area (Å²) in [4.78, 5) is 11.4. The molecule has 1 aromatic rings. The number of rotatable bonds is 1. The van der Waals surface area contributed by atoms with E-state index >= 15 is 0 Å². The van der Waals surface area contributed by atoms with E-state index in [1.165, 1.54) is 10.9 Å². The van der Waals surface area contributed by atoms with Gasteiger partial charge in [0.1, 0.15) is 11.8 Å². The van der Waals surface area contributed by atoms with Crippen LogP contribution < -0.4 is 0 Å². The van der Waals surface area contributed by atoms with Gasteiger partial charge >= 0.3 is 0 Å². The molecule has 1 saturated carbocycles. The molecule has 1 heterocycles. The van der Waals surface area contributed by atoms with Crippen LogP contribution in [-0.4, -0.2) is 15.7 Å². The van der Waals surface area contributed by atoms with Crippen LogP contribution in [0.2, 0.25) is 0 Å². The number of nitrogens with zero attached hydrogens (tertiary/aromatic N) is 3. The maximum Gasteiger partial charge on any atom is 0.251 e. The lowest BCUT2D eigenvalue weighted by Crippen LogP contribution is -2.15. The highest BCUT2D eigenvalue weighted by Crippen LogP contribution is 2.30. The van der Waals surface area contributed by atoms with Crippen molar-refractivity contribution in [3.63, 3.8) is 0 Å². The molecule has 0 N–H and O–H groups in total. The van der Waals surface area contributed by atoms with Gasteiger partial charge in [-0.05, 0) is 18.9 Å². The molecule has 2 rings (SSSR count). The van der Waals surface area contributed by atoms with E-state index in [9.17, 15) is 4.79 Å². The smallest absolute Gasteiger partial charge is 0.251 e. The molecule has 1 aliphatic rings. The first kappa shape index (κ1) is 7.04. The fourth-order valence-corrected chi connectivity index (χ4v) is 1.07. The molecule has 0 spiro atoms. The molecular weight excluding hydrogens is 154 g/mol. The second-order valence-corrected chi connectivity index (χ2v) is 2.85. The first-order chi connectivity index (χ1) is 5.83. The molecule has 1 aromatic heterocycles. The molecule has 4 nitrogen and oxygen atoms in total. The number of hydrogen-bond acceptors (Lipinski definition) is 3. The van der Waals surface area contributed by atoms with Crippen LogP contribution in [0.25, 0.3) is 0 Å². The summed E-state index contributed by atoms with van der Waals surface area (Å²) < 4.78 is 1.19. The highest BCUT2D eigenvalue weighted by atomic mass is 16.2. The average molecular weight is 161 g/mol. The normalized spacial score (nSPS) is 15.6. The minimum Gasteiger partial charge on any atom is -0.272 e. The predicted molar refractivity (Wildman–Crippen MR) is 40.3 cm³/mol. The molecule has 60 valence electrons. The van der Waals surface area contributed by atoms with Crippen LogP contribution in [0.3, 0.4) is 0 Å². The lowest BCUT2D eigenvalue weighted by Gasteiger charge is -1.97. The first-order valence-corrected chi connectivity index (χ1v) is 3.81. The van der Waals surface area contributed by atoms with E-state index in [2.05, 4.69) is 5.10 Å². The van der Waals surface area contributed by atoms with Crippen molar-refractivity contribution in [2.75, 3.05) is 0 Å². The van der Waals surface area contributed by atoms with Crippen molar-refractivity contribution in [2.24, 2.45) is 5.92 Å². The molecule has 1 fully saturated rings. The van der Waals surface area contributed by atoms with E-state index in [0.717, 1.165) is 12.8 Å². The maximum absolute atomic E-state index is 11.4. The molecule has 0 unspecified atom stereocenters. The minimum atomic E-state index is -0.0449. The predicted octanol–water partition coefficient (Wildman–Crippen LogP) is 0.805. The Hall–Kier alpha value is -1.63. The van der Waals surface area contributed by atoms with Gasteiger partial charge in [-0.1, -0.05) is 0 Å². The summed E-state index contributed by atoms with van der Waals surface area (Å²) in [5, 5.41) is 12.4. The van der Waals surface area contributed by atoms with Crippen LogP contribution in [0.4, 0.5) is 0 Å². The van der Waals surface area contributed by atoms with Crippen LogP contribution >= 0.6 is 0 Å². The standard InChI is InChI=1S/C8H7N3O/c9-5-7-3-4-10-11(7)8(12)6-1-2-6/h3-4,6H,1-2H2. The summed E-state index contributed by atoms with van der Waals surface area (Å²) >= 11 is 0. The zero-order valence-electron chi connectivity index (χ0n) is 6.40. The van der Waals surface area contributed by atoms with Crippen LogP contribution in [0.5, 0.6) is 0 Å². The van der Waals surface area contributed by atoms with Gasteiger partial charge in [-0.25, -0.2) is 0 Å². The first-order valence-electron chi connectivity index (χ1n) is 3.81. The van der Waals surface area contributed by atoms with Gasteiger partial charge in [0.2, 0.25) is 0 Å². The quantitative estimate of drug-likeness (QED) is 0.612. The molecule has 0 radical (unpaired) electrons. The highest BCUT2D eigenvalue weighted by Gasteiger charge is 2.32. The van der Waals surface area contributed by atoms with E-state index in [1.54, 1.807) is 6.07 Å². The summed E-state index contributed by atoms with van der Waals surface area (Å²) in [6, 6.07) is 3.46. The molecule has 0 amide bonds. The number of carbonyl (C=O) groups is 1. The Labute approximate surface area is 69.4 Å². The fraction of sp³-hybridized carbons (Fsp3) is 0.375. The number of hydrogen-bond donors (Lipinski definition) is 0. The number of nitriles is 1. The topological polar surface area (TPSA) is 58.7 Å². The van der Waals surface area contributed by atoms with Crippen molar-refractivity contribution in [3.8, 4) is 6.07 Å². The van der Waals surface area contributed by atoms with Crippen LogP contribution in [0.1, 0.15) is 23.3 Å². The van der Waals surface area contributed by atoms with Gasteiger partial charge in [0, 0.05) is 5.92 Å². The Morgan fingerprint density at radius 1 is 1.75 bits per heavy atom. The Morgan fingerprint density at radius 2 is 2.50 bits per heavy atom. The molecule has 4 heteroatoms. The number of carbonyl (C=O) groups excluding carboxylic acids is 1. The molecule has 0 saturated heterocycles. The third-order valence-electron chi connectivity index (χ3n) is 1.89. The summed E-state index contributed by atoms with van der Waals surface area (Å²) in [5.41, 5.74) is 0.326. The van der Waals surface area contributed by atoms with Crippen molar-refractivity contribution < 1.29 is 4.79 Å². The maximum atomic E-state index is 11.4. The second-order valence-electron chi connectivity index (χ2n) is 2.85. The second kappa shape index (κ2) is 2.45. The van der Waals surface area contributed by atoms with Crippen LogP contribution in [0, 0.1) is 17.2 Å². The summed E-state index contributed by atoms with van der Waals surface area (Å²) in [6.45, 7) is 0. The van der Waals surface area contributed by atoms with Gasteiger partial charge < -0.3 is 0 Å². The number of aromatic nitrogens is 2. The van der Waals surface area contributed by atoms with Crippen molar-refractivity contribution >= 4 is 5.91 Å². The lowest BCUT2D eigenvalue weighted by molar-refractivity contribution is 0.0869. The molecule has 12 heavy (non-hydrogen) atoms. The van der Waals surface area contributed by atoms with E-state index in [4.69, 9.17) is 5.26 Å². The Balaban J connectivity index is 2.32. The third kappa shape index (κ3) is 0.996. The van der Waals surface area contributed by atoms with Crippen molar-refractivity contribution in [2.45, 2.75) is 12.8 Å². The summed E-state index contributed by atoms with van der Waals surface area (Å²) in [7, 11) is 0. The Bertz CT molecular complexity index is 357. The van der Waals surface area contributed by atoms with Crippen molar-refractivity contribution in [1.29, 1.82) is 5.26 Å². The lowest BCUT2D eigenvalue weighted by atomic mass is 10.4. The zero-order valence-corrected chi connectivity index (χ0v) is 6.40. The van der Waals surface area contributed by atoms with Crippen LogP contribution in [-0.2, 0) is 0 Å². The van der Waals surface area contributed by atoms with E-state index in [0.29, 0.717) is 5.69 Å². The van der Waals surface area contributed by atoms with Gasteiger partial charge in [0.05, 0.1) is 6.20 Å². The SMILES string of the molecule is N#Cc1ccnn1C(=O)C1CC1. The molecule has 0 atom stereocenters. The van der Waals surface area contributed by atoms with Gasteiger partial charge in [0.25, 0.3) is 5.91 Å². The van der Waals surface area contributed by atoms with Crippen molar-refractivity contribution in [3.05, 3.63) is 18.0 Å².